The molecule has 0 spiro atoms. The molecule has 1 atom stereocenters. The summed E-state index contributed by atoms with van der Waals surface area (Å²) in [6.45, 7) is 1.90. The Kier molecular flexibility index (Phi) is 15.8. The topological polar surface area (TPSA) is 157 Å². The Morgan fingerprint density at radius 3 is 2.04 bits per heavy atom. The van der Waals surface area contributed by atoms with E-state index in [9.17, 15) is 14.4 Å². The van der Waals surface area contributed by atoms with Gasteiger partial charge in [0.05, 0.1) is 13.2 Å². The number of amidine groups is 1. The van der Waals surface area contributed by atoms with E-state index in [1.165, 1.54) is 30.3 Å². The Morgan fingerprint density at radius 1 is 0.848 bits per heavy atom. The van der Waals surface area contributed by atoms with Crippen molar-refractivity contribution in [3.05, 3.63) is 53.3 Å². The highest BCUT2D eigenvalue weighted by Gasteiger charge is 2.28. The van der Waals surface area contributed by atoms with Crippen LogP contribution in [0.4, 0.5) is 19.7 Å². The molecule has 2 aromatic carbocycles. The van der Waals surface area contributed by atoms with Crippen molar-refractivity contribution in [2.24, 2.45) is 10.7 Å². The minimum atomic E-state index is -1.82. The Morgan fingerprint density at radius 2 is 1.46 bits per heavy atom. The molecule has 1 amide bonds. The number of nitrogens with one attached hydrogen (secondary N) is 1. The average molecular weight is 770 g/mol. The lowest BCUT2D eigenvalue weighted by Gasteiger charge is -2.21. The molecule has 0 aliphatic rings. The van der Waals surface area contributed by atoms with Gasteiger partial charge in [-0.1, -0.05) is 69.6 Å². The first kappa shape index (κ1) is 39.4. The zero-order valence-electron chi connectivity index (χ0n) is 24.1. The molecule has 0 aliphatic heterocycles. The van der Waals surface area contributed by atoms with Crippen LogP contribution in [0.15, 0.2) is 41.4 Å². The van der Waals surface area contributed by atoms with E-state index in [4.69, 9.17) is 99.0 Å². The Bertz CT molecular complexity index is 1370. The van der Waals surface area contributed by atoms with Crippen molar-refractivity contribution in [3.8, 4) is 11.5 Å². The normalized spacial score (nSPS) is 12.5. The molecule has 0 saturated carbocycles. The summed E-state index contributed by atoms with van der Waals surface area (Å²) in [5.41, 5.74) is 6.41. The molecule has 19 heteroatoms. The first-order valence-electron chi connectivity index (χ1n) is 13.1. The Hall–Kier alpha value is -2.81. The largest absolute Gasteiger partial charge is 0.508 e. The maximum atomic E-state index is 15.5. The van der Waals surface area contributed by atoms with Crippen molar-refractivity contribution >= 4 is 99.3 Å². The first-order valence-corrected chi connectivity index (χ1v) is 15.4. The summed E-state index contributed by atoms with van der Waals surface area (Å²) in [7, 11) is 0. The number of nitrogens with zero attached hydrogens (tertiary/aromatic N) is 1. The second kappa shape index (κ2) is 18.5. The summed E-state index contributed by atoms with van der Waals surface area (Å²) >= 11 is 33.1. The van der Waals surface area contributed by atoms with Crippen molar-refractivity contribution in [3.63, 3.8) is 0 Å². The summed E-state index contributed by atoms with van der Waals surface area (Å²) in [5.74, 6) is -1.77. The predicted octanol–water partition coefficient (Wildman–Crippen LogP) is 7.06. The lowest BCUT2D eigenvalue weighted by molar-refractivity contribution is -0.144. The van der Waals surface area contributed by atoms with Gasteiger partial charge < -0.3 is 39.5 Å². The SMILES string of the molecule is CCOC(=O)C(Nc1ccc(C(N)=NC(=O)OCC(Cl)(Cl)Cl)cc1)c1cc(OCC)c(OCCOC(=O)OCC(Cl)(Cl)Cl)cc1F. The monoisotopic (exact) mass is 767 g/mol. The average Bonchev–Trinajstić information content (AvgIpc) is 2.97. The number of alkyl halides is 6. The van der Waals surface area contributed by atoms with E-state index < -0.39 is 50.9 Å². The lowest BCUT2D eigenvalue weighted by Crippen LogP contribution is -2.25. The molecule has 12 nitrogen and oxygen atoms in total. The van der Waals surface area contributed by atoms with E-state index in [-0.39, 0.29) is 49.3 Å². The second-order valence-corrected chi connectivity index (χ2v) is 13.7. The van der Waals surface area contributed by atoms with E-state index in [1.807, 2.05) is 0 Å². The summed E-state index contributed by atoms with van der Waals surface area (Å²) in [6.07, 6.45) is -2.18. The van der Waals surface area contributed by atoms with Gasteiger partial charge in [-0.3, -0.25) is 0 Å². The second-order valence-electron chi connectivity index (χ2n) is 8.68. The number of ether oxygens (including phenoxy) is 6. The number of carbonyl (C=O) groups excluding carboxylic acids is 3. The number of carbonyl (C=O) groups is 3. The summed E-state index contributed by atoms with van der Waals surface area (Å²) < 4.78 is 42.3. The van der Waals surface area contributed by atoms with Crippen LogP contribution < -0.4 is 20.5 Å². The molecule has 3 N–H and O–H groups in total. The van der Waals surface area contributed by atoms with Gasteiger partial charge in [-0.05, 0) is 44.2 Å². The standard InChI is InChI=1S/C27H28Cl6FN3O9/c1-3-41-19-11-17(18(34)12-20(19)43-9-10-44-25(40)46-14-27(31,32)33)21(23(38)42-4-2)36-16-7-5-15(6-8-16)22(35)37-24(39)45-13-26(28,29)30/h5-8,11-12,21,36H,3-4,9-10,13-14H2,1-2H3,(H2,35,37,39). The number of anilines is 1. The number of hydrogen-bond acceptors (Lipinski definition) is 10. The van der Waals surface area contributed by atoms with Gasteiger partial charge in [-0.15, -0.1) is 0 Å². The number of halogens is 7. The van der Waals surface area contributed by atoms with Crippen LogP contribution >= 0.6 is 69.6 Å². The zero-order chi connectivity index (χ0) is 34.5. The molecule has 2 aromatic rings. The van der Waals surface area contributed by atoms with Crippen LogP contribution in [0.5, 0.6) is 11.5 Å². The van der Waals surface area contributed by atoms with E-state index in [2.05, 4.69) is 15.0 Å². The van der Waals surface area contributed by atoms with Gasteiger partial charge in [-0.25, -0.2) is 18.8 Å². The fraction of sp³-hybridized carbons (Fsp3) is 0.407. The number of amides is 1. The molecule has 0 radical (unpaired) electrons. The van der Waals surface area contributed by atoms with Crippen molar-refractivity contribution in [1.82, 2.24) is 0 Å². The van der Waals surface area contributed by atoms with Gasteiger partial charge in [-0.2, -0.15) is 4.99 Å². The fourth-order valence-electron chi connectivity index (χ4n) is 3.34. The predicted molar refractivity (Wildman–Crippen MR) is 172 cm³/mol. The fourth-order valence-corrected chi connectivity index (χ4v) is 3.67. The number of rotatable bonds is 14. The third kappa shape index (κ3) is 14.3. The van der Waals surface area contributed by atoms with Gasteiger partial charge in [0.25, 0.3) is 0 Å². The molecule has 0 saturated heterocycles. The van der Waals surface area contributed by atoms with Crippen LogP contribution in [-0.2, 0) is 23.7 Å². The van der Waals surface area contributed by atoms with Crippen molar-refractivity contribution < 1.29 is 47.2 Å². The minimum Gasteiger partial charge on any atom is -0.490 e. The van der Waals surface area contributed by atoms with Crippen LogP contribution in [-0.4, -0.2) is 71.3 Å². The smallest absolute Gasteiger partial charge is 0.490 e. The van der Waals surface area contributed by atoms with Gasteiger partial charge in [0.1, 0.15) is 38.1 Å². The van der Waals surface area contributed by atoms with Crippen LogP contribution in [0.3, 0.4) is 0 Å². The van der Waals surface area contributed by atoms with E-state index in [0.717, 1.165) is 6.07 Å². The minimum absolute atomic E-state index is 0.0164. The number of hydrogen-bond donors (Lipinski definition) is 2. The third-order valence-electron chi connectivity index (χ3n) is 5.17. The maximum Gasteiger partial charge on any atom is 0.508 e. The first-order chi connectivity index (χ1) is 21.5. The van der Waals surface area contributed by atoms with E-state index in [0.29, 0.717) is 11.3 Å². The Labute approximate surface area is 293 Å². The summed E-state index contributed by atoms with van der Waals surface area (Å²) in [5, 5.41) is 2.91. The molecule has 0 aliphatic carbocycles. The highest BCUT2D eigenvalue weighted by molar-refractivity contribution is 6.68. The van der Waals surface area contributed by atoms with Gasteiger partial charge in [0.15, 0.2) is 17.5 Å². The molecule has 0 fully saturated rings. The van der Waals surface area contributed by atoms with Crippen LogP contribution in [0.2, 0.25) is 0 Å². The number of aliphatic imine (C=N–C) groups is 1. The van der Waals surface area contributed by atoms with E-state index >= 15 is 4.39 Å². The molecule has 254 valence electrons. The number of esters is 1. The molecular weight excluding hydrogens is 742 g/mol. The Balaban J connectivity index is 2.21. The third-order valence-corrected chi connectivity index (χ3v) is 5.83. The summed E-state index contributed by atoms with van der Waals surface area (Å²) in [6, 6.07) is 6.94. The quantitative estimate of drug-likeness (QED) is 0.0507. The molecular formula is C27H28Cl6FN3O9. The van der Waals surface area contributed by atoms with E-state index in [1.54, 1.807) is 13.8 Å². The van der Waals surface area contributed by atoms with Crippen LogP contribution in [0.25, 0.3) is 0 Å². The van der Waals surface area contributed by atoms with Crippen LogP contribution in [0, 0.1) is 5.82 Å². The number of nitrogens with two attached hydrogens (primary N) is 1. The lowest BCUT2D eigenvalue weighted by atomic mass is 10.0. The maximum absolute atomic E-state index is 15.5. The zero-order valence-corrected chi connectivity index (χ0v) is 28.7. The molecule has 0 aromatic heterocycles. The van der Waals surface area contributed by atoms with Gasteiger partial charge >= 0.3 is 18.2 Å². The molecule has 0 bridgehead atoms. The molecule has 1 unspecified atom stereocenters. The number of benzene rings is 2. The van der Waals surface area contributed by atoms with Gasteiger partial charge in [0.2, 0.25) is 7.59 Å². The molecule has 46 heavy (non-hydrogen) atoms. The van der Waals surface area contributed by atoms with Gasteiger partial charge in [0, 0.05) is 22.9 Å². The van der Waals surface area contributed by atoms with Crippen LogP contribution in [0.1, 0.15) is 31.0 Å². The van der Waals surface area contributed by atoms with Crippen molar-refractivity contribution in [1.29, 1.82) is 0 Å². The highest BCUT2D eigenvalue weighted by Crippen LogP contribution is 2.35. The summed E-state index contributed by atoms with van der Waals surface area (Å²) in [4.78, 5) is 40.0. The van der Waals surface area contributed by atoms with Crippen molar-refractivity contribution in [2.45, 2.75) is 27.5 Å². The molecule has 0 heterocycles. The highest BCUT2D eigenvalue weighted by atomic mass is 35.6. The molecule has 2 rings (SSSR count). The van der Waals surface area contributed by atoms with Crippen molar-refractivity contribution in [2.75, 3.05) is 45.0 Å².